The molecule has 6 nitrogen and oxygen atoms in total. The topological polar surface area (TPSA) is 98.1 Å². The number of piperidine rings is 1. The first-order valence-corrected chi connectivity index (χ1v) is 7.95. The lowest BCUT2D eigenvalue weighted by atomic mass is 9.94. The Morgan fingerprint density at radius 3 is 2.96 bits per heavy atom. The summed E-state index contributed by atoms with van der Waals surface area (Å²) in [6, 6.07) is 6.20. The molecule has 2 aromatic rings. The van der Waals surface area contributed by atoms with Crippen LogP contribution in [0.15, 0.2) is 30.5 Å². The molecule has 1 saturated heterocycles. The summed E-state index contributed by atoms with van der Waals surface area (Å²) in [4.78, 5) is 21.9. The van der Waals surface area contributed by atoms with Gasteiger partial charge in [0.1, 0.15) is 5.82 Å². The molecule has 1 atom stereocenters. The first kappa shape index (κ1) is 16.3. The van der Waals surface area contributed by atoms with Crippen LogP contribution in [0.25, 0.3) is 11.1 Å². The fourth-order valence-electron chi connectivity index (χ4n) is 3.23. The van der Waals surface area contributed by atoms with E-state index in [-0.39, 0.29) is 30.3 Å². The van der Waals surface area contributed by atoms with E-state index in [1.165, 1.54) is 12.1 Å². The Balaban J connectivity index is 2.05. The van der Waals surface area contributed by atoms with Gasteiger partial charge in [0, 0.05) is 11.8 Å². The van der Waals surface area contributed by atoms with Crippen LogP contribution in [0, 0.1) is 5.82 Å². The fraction of sp³-hybridized carbons (Fsp3) is 0.353. The number of carbonyl (C=O) groups excluding carboxylic acids is 1. The van der Waals surface area contributed by atoms with E-state index >= 15 is 0 Å². The van der Waals surface area contributed by atoms with E-state index in [0.29, 0.717) is 11.3 Å². The number of nitrogens with two attached hydrogens (primary N) is 2. The smallest absolute Gasteiger partial charge is 0.231 e. The monoisotopic (exact) mass is 329 g/mol. The van der Waals surface area contributed by atoms with Gasteiger partial charge >= 0.3 is 0 Å². The standard InChI is InChI=1S/C17H20FN5O/c18-12-5-3-4-11(8-12)13-9-21-17(20)22-16(13)14-6-1-2-7-23(14)10-15(19)24/h3-5,8-9,14H,1-2,6-7,10H2,(H2,19,24)(H2,20,21,22)/t14-/m1/s1. The van der Waals surface area contributed by atoms with Crippen molar-refractivity contribution in [1.29, 1.82) is 0 Å². The lowest BCUT2D eigenvalue weighted by molar-refractivity contribution is -0.120. The number of nitrogens with zero attached hydrogens (tertiary/aromatic N) is 3. The van der Waals surface area contributed by atoms with Crippen molar-refractivity contribution in [3.05, 3.63) is 42.0 Å². The molecule has 126 valence electrons. The van der Waals surface area contributed by atoms with Crippen molar-refractivity contribution in [2.75, 3.05) is 18.8 Å². The van der Waals surface area contributed by atoms with E-state index in [4.69, 9.17) is 11.5 Å². The van der Waals surface area contributed by atoms with E-state index in [1.54, 1.807) is 12.3 Å². The van der Waals surface area contributed by atoms with E-state index < -0.39 is 0 Å². The summed E-state index contributed by atoms with van der Waals surface area (Å²) >= 11 is 0. The molecule has 1 aromatic carbocycles. The molecule has 0 bridgehead atoms. The number of benzene rings is 1. The third kappa shape index (κ3) is 3.51. The molecular weight excluding hydrogens is 309 g/mol. The molecule has 4 N–H and O–H groups in total. The van der Waals surface area contributed by atoms with E-state index in [2.05, 4.69) is 9.97 Å². The van der Waals surface area contributed by atoms with Crippen LogP contribution >= 0.6 is 0 Å². The number of nitrogen functional groups attached to an aromatic ring is 1. The summed E-state index contributed by atoms with van der Waals surface area (Å²) in [5.41, 5.74) is 13.3. The molecule has 0 radical (unpaired) electrons. The number of amides is 1. The summed E-state index contributed by atoms with van der Waals surface area (Å²) in [5.74, 6) is -0.543. The SMILES string of the molecule is NC(=O)CN1CCCC[C@@H]1c1nc(N)ncc1-c1cccc(F)c1. The fourth-order valence-corrected chi connectivity index (χ4v) is 3.23. The maximum atomic E-state index is 13.6. The van der Waals surface area contributed by atoms with Gasteiger partial charge in [0.05, 0.1) is 18.3 Å². The lowest BCUT2D eigenvalue weighted by Gasteiger charge is -2.35. The maximum absolute atomic E-state index is 13.6. The van der Waals surface area contributed by atoms with Crippen LogP contribution < -0.4 is 11.5 Å². The molecule has 24 heavy (non-hydrogen) atoms. The molecule has 1 aromatic heterocycles. The summed E-state index contributed by atoms with van der Waals surface area (Å²) < 4.78 is 13.6. The number of anilines is 1. The number of likely N-dealkylation sites (tertiary alicyclic amines) is 1. The van der Waals surface area contributed by atoms with Crippen LogP contribution in [0.5, 0.6) is 0 Å². The molecule has 7 heteroatoms. The molecule has 0 saturated carbocycles. The molecule has 0 spiro atoms. The van der Waals surface area contributed by atoms with Gasteiger partial charge in [0.15, 0.2) is 0 Å². The van der Waals surface area contributed by atoms with Gasteiger partial charge in [0.25, 0.3) is 0 Å². The maximum Gasteiger partial charge on any atom is 0.231 e. The highest BCUT2D eigenvalue weighted by atomic mass is 19.1. The minimum absolute atomic E-state index is 0.0881. The molecular formula is C17H20FN5O. The van der Waals surface area contributed by atoms with Gasteiger partial charge < -0.3 is 11.5 Å². The largest absolute Gasteiger partial charge is 0.369 e. The first-order valence-electron chi connectivity index (χ1n) is 7.95. The van der Waals surface area contributed by atoms with Crippen LogP contribution in [-0.2, 0) is 4.79 Å². The van der Waals surface area contributed by atoms with Gasteiger partial charge in [-0.25, -0.2) is 14.4 Å². The van der Waals surface area contributed by atoms with Crippen LogP contribution in [0.4, 0.5) is 10.3 Å². The number of aromatic nitrogens is 2. The zero-order chi connectivity index (χ0) is 17.1. The Morgan fingerprint density at radius 1 is 1.38 bits per heavy atom. The Labute approximate surface area is 139 Å². The lowest BCUT2D eigenvalue weighted by Crippen LogP contribution is -2.40. The zero-order valence-electron chi connectivity index (χ0n) is 13.3. The molecule has 1 aliphatic heterocycles. The quantitative estimate of drug-likeness (QED) is 0.892. The number of halogens is 1. The van der Waals surface area contributed by atoms with Crippen molar-refractivity contribution in [3.8, 4) is 11.1 Å². The number of primary amides is 1. The molecule has 1 aliphatic rings. The second-order valence-corrected chi connectivity index (χ2v) is 5.99. The highest BCUT2D eigenvalue weighted by Gasteiger charge is 2.29. The van der Waals surface area contributed by atoms with Crippen molar-refractivity contribution in [1.82, 2.24) is 14.9 Å². The minimum atomic E-state index is -0.378. The van der Waals surface area contributed by atoms with Crippen molar-refractivity contribution in [2.24, 2.45) is 5.73 Å². The second kappa shape index (κ2) is 6.92. The highest BCUT2D eigenvalue weighted by molar-refractivity contribution is 5.76. The molecule has 1 amide bonds. The Bertz CT molecular complexity index is 752. The Morgan fingerprint density at radius 2 is 2.21 bits per heavy atom. The Kier molecular flexibility index (Phi) is 4.71. The van der Waals surface area contributed by atoms with Gasteiger partial charge in [-0.05, 0) is 37.1 Å². The van der Waals surface area contributed by atoms with Gasteiger partial charge in [0.2, 0.25) is 11.9 Å². The average molecular weight is 329 g/mol. The van der Waals surface area contributed by atoms with E-state index in [0.717, 1.165) is 31.4 Å². The predicted octanol–water partition coefficient (Wildman–Crippen LogP) is 1.88. The summed E-state index contributed by atoms with van der Waals surface area (Å²) in [5, 5.41) is 0. The molecule has 3 rings (SSSR count). The average Bonchev–Trinajstić information content (AvgIpc) is 2.55. The first-order chi connectivity index (χ1) is 11.5. The number of hydrogen-bond acceptors (Lipinski definition) is 5. The van der Waals surface area contributed by atoms with Crippen molar-refractivity contribution in [3.63, 3.8) is 0 Å². The van der Waals surface area contributed by atoms with E-state index in [9.17, 15) is 9.18 Å². The molecule has 0 aliphatic carbocycles. The second-order valence-electron chi connectivity index (χ2n) is 5.99. The predicted molar refractivity (Wildman–Crippen MR) is 89.2 cm³/mol. The van der Waals surface area contributed by atoms with Crippen LogP contribution in [-0.4, -0.2) is 33.9 Å². The van der Waals surface area contributed by atoms with Gasteiger partial charge in [-0.3, -0.25) is 9.69 Å². The molecule has 2 heterocycles. The van der Waals surface area contributed by atoms with Crippen molar-refractivity contribution < 1.29 is 9.18 Å². The zero-order valence-corrected chi connectivity index (χ0v) is 13.3. The normalized spacial score (nSPS) is 18.5. The van der Waals surface area contributed by atoms with Crippen LogP contribution in [0.1, 0.15) is 31.0 Å². The van der Waals surface area contributed by atoms with Crippen LogP contribution in [0.3, 0.4) is 0 Å². The third-order valence-corrected chi connectivity index (χ3v) is 4.26. The highest BCUT2D eigenvalue weighted by Crippen LogP contribution is 2.35. The molecule has 0 unspecified atom stereocenters. The molecule has 1 fully saturated rings. The summed E-state index contributed by atoms with van der Waals surface area (Å²) in [6.45, 7) is 0.928. The van der Waals surface area contributed by atoms with E-state index in [1.807, 2.05) is 11.0 Å². The van der Waals surface area contributed by atoms with Gasteiger partial charge in [-0.1, -0.05) is 18.6 Å². The number of rotatable bonds is 4. The summed E-state index contributed by atoms with van der Waals surface area (Å²) in [6.07, 6.45) is 4.47. The third-order valence-electron chi connectivity index (χ3n) is 4.26. The van der Waals surface area contributed by atoms with Crippen molar-refractivity contribution >= 4 is 11.9 Å². The minimum Gasteiger partial charge on any atom is -0.369 e. The van der Waals surface area contributed by atoms with Gasteiger partial charge in [-0.2, -0.15) is 0 Å². The van der Waals surface area contributed by atoms with Crippen LogP contribution in [0.2, 0.25) is 0 Å². The summed E-state index contributed by atoms with van der Waals surface area (Å²) in [7, 11) is 0. The number of carbonyl (C=O) groups is 1. The van der Waals surface area contributed by atoms with Crippen molar-refractivity contribution in [2.45, 2.75) is 25.3 Å². The van der Waals surface area contributed by atoms with Gasteiger partial charge in [-0.15, -0.1) is 0 Å². The Hall–Kier alpha value is -2.54. The number of hydrogen-bond donors (Lipinski definition) is 2.